The van der Waals surface area contributed by atoms with Crippen LogP contribution in [0.3, 0.4) is 0 Å². The molecule has 174 valence electrons. The first-order valence-corrected chi connectivity index (χ1v) is 9.76. The number of esters is 1. The molecule has 7 nitrogen and oxygen atoms in total. The van der Waals surface area contributed by atoms with Gasteiger partial charge in [0, 0.05) is 12.1 Å². The fourth-order valence-electron chi connectivity index (χ4n) is 2.96. The molecule has 1 amide bonds. The molecule has 0 bridgehead atoms. The van der Waals surface area contributed by atoms with Gasteiger partial charge in [0.1, 0.15) is 0 Å². The van der Waals surface area contributed by atoms with Crippen LogP contribution in [0.4, 0.5) is 13.2 Å². The van der Waals surface area contributed by atoms with Crippen LogP contribution in [0, 0.1) is 0 Å². The minimum absolute atomic E-state index is 0.0351. The summed E-state index contributed by atoms with van der Waals surface area (Å²) >= 11 is 0. The maximum absolute atomic E-state index is 14.2. The van der Waals surface area contributed by atoms with Crippen molar-refractivity contribution >= 4 is 11.9 Å². The van der Waals surface area contributed by atoms with Crippen molar-refractivity contribution < 1.29 is 37.0 Å². The predicted molar refractivity (Wildman–Crippen MR) is 111 cm³/mol. The Morgan fingerprint density at radius 2 is 1.62 bits per heavy atom. The molecular weight excluding hydrogens is 429 g/mol. The molecule has 2 aromatic rings. The van der Waals surface area contributed by atoms with E-state index in [9.17, 15) is 22.8 Å². The van der Waals surface area contributed by atoms with Crippen LogP contribution >= 0.6 is 0 Å². The minimum Gasteiger partial charge on any atom is -0.493 e. The van der Waals surface area contributed by atoms with Gasteiger partial charge in [-0.25, -0.2) is 4.79 Å². The molecular formula is C22H25F3N2O5. The molecule has 0 aromatic heterocycles. The lowest BCUT2D eigenvalue weighted by Crippen LogP contribution is -2.73. The standard InChI is InChI=1S/C22H25F3N2O5/c1-4-32-20(29)21(22(23,24)25,27-19(28)16-8-6-5-7-9-16)26-13-12-15-10-11-17(30-2)18(14-15)31-3/h5-11,14,26H,4,12-13H2,1-3H3,(H,27,28)/t21-/m1/s1. The van der Waals surface area contributed by atoms with E-state index in [1.165, 1.54) is 45.4 Å². The Morgan fingerprint density at radius 1 is 0.969 bits per heavy atom. The Hall–Kier alpha value is -3.27. The quantitative estimate of drug-likeness (QED) is 0.424. The number of hydrogen-bond acceptors (Lipinski definition) is 6. The number of rotatable bonds is 10. The van der Waals surface area contributed by atoms with Crippen molar-refractivity contribution in [2.45, 2.75) is 25.2 Å². The summed E-state index contributed by atoms with van der Waals surface area (Å²) in [7, 11) is 2.90. The normalized spacial score (nSPS) is 13.1. The molecule has 0 aliphatic carbocycles. The van der Waals surface area contributed by atoms with E-state index in [4.69, 9.17) is 9.47 Å². The van der Waals surface area contributed by atoms with E-state index in [0.717, 1.165) is 0 Å². The van der Waals surface area contributed by atoms with Gasteiger partial charge >= 0.3 is 12.1 Å². The third-order valence-electron chi connectivity index (χ3n) is 4.60. The number of carbonyl (C=O) groups excluding carboxylic acids is 2. The Labute approximate surface area is 183 Å². The SMILES string of the molecule is CCOC(=O)[C@@](NCCc1ccc(OC)c(OC)c1)(NC(=O)c1ccccc1)C(F)(F)F. The highest BCUT2D eigenvalue weighted by molar-refractivity contribution is 5.98. The highest BCUT2D eigenvalue weighted by Crippen LogP contribution is 2.31. The van der Waals surface area contributed by atoms with Crippen molar-refractivity contribution in [2.75, 3.05) is 27.4 Å². The molecule has 2 aromatic carbocycles. The molecule has 0 saturated heterocycles. The van der Waals surface area contributed by atoms with Crippen molar-refractivity contribution in [3.05, 3.63) is 59.7 Å². The van der Waals surface area contributed by atoms with Crippen LogP contribution in [0.5, 0.6) is 11.5 Å². The summed E-state index contributed by atoms with van der Waals surface area (Å²) in [5.74, 6) is -1.84. The number of nitrogens with one attached hydrogen (secondary N) is 2. The predicted octanol–water partition coefficient (Wildman–Crippen LogP) is 3.09. The summed E-state index contributed by atoms with van der Waals surface area (Å²) in [6.45, 7) is 0.778. The summed E-state index contributed by atoms with van der Waals surface area (Å²) in [5.41, 5.74) is -2.83. The molecule has 0 heterocycles. The van der Waals surface area contributed by atoms with Crippen LogP contribution in [0.25, 0.3) is 0 Å². The van der Waals surface area contributed by atoms with Crippen molar-refractivity contribution in [1.29, 1.82) is 0 Å². The summed E-state index contributed by atoms with van der Waals surface area (Å²) in [6, 6.07) is 12.2. The van der Waals surface area contributed by atoms with Gasteiger partial charge in [-0.2, -0.15) is 13.2 Å². The van der Waals surface area contributed by atoms with E-state index in [0.29, 0.717) is 17.1 Å². The van der Waals surface area contributed by atoms with Gasteiger partial charge in [-0.1, -0.05) is 24.3 Å². The Bertz CT molecular complexity index is 922. The Morgan fingerprint density at radius 3 is 2.19 bits per heavy atom. The van der Waals surface area contributed by atoms with Gasteiger partial charge in [0.05, 0.1) is 20.8 Å². The van der Waals surface area contributed by atoms with E-state index in [2.05, 4.69) is 10.1 Å². The maximum atomic E-state index is 14.2. The number of halogens is 3. The molecule has 0 fully saturated rings. The van der Waals surface area contributed by atoms with Crippen LogP contribution < -0.4 is 20.1 Å². The van der Waals surface area contributed by atoms with Gasteiger partial charge < -0.3 is 19.5 Å². The van der Waals surface area contributed by atoms with Gasteiger partial charge in [-0.05, 0) is 43.2 Å². The molecule has 10 heteroatoms. The third kappa shape index (κ3) is 5.70. The zero-order valence-electron chi connectivity index (χ0n) is 17.9. The first-order chi connectivity index (χ1) is 15.2. The summed E-state index contributed by atoms with van der Waals surface area (Å²) < 4.78 is 57.5. The van der Waals surface area contributed by atoms with Crippen molar-refractivity contribution in [2.24, 2.45) is 0 Å². The monoisotopic (exact) mass is 454 g/mol. The van der Waals surface area contributed by atoms with Gasteiger partial charge in [0.2, 0.25) is 0 Å². The highest BCUT2D eigenvalue weighted by Gasteiger charge is 2.63. The number of carbonyl (C=O) groups is 2. The number of alkyl halides is 3. The molecule has 0 aliphatic heterocycles. The molecule has 0 aliphatic rings. The summed E-state index contributed by atoms with van der Waals surface area (Å²) in [4.78, 5) is 25.0. The number of ether oxygens (including phenoxy) is 3. The largest absolute Gasteiger partial charge is 0.493 e. The average Bonchev–Trinajstić information content (AvgIpc) is 2.78. The Kier molecular flexibility index (Phi) is 8.48. The minimum atomic E-state index is -5.18. The highest BCUT2D eigenvalue weighted by atomic mass is 19.4. The lowest BCUT2D eigenvalue weighted by molar-refractivity contribution is -0.218. The van der Waals surface area contributed by atoms with Gasteiger partial charge in [0.15, 0.2) is 11.5 Å². The Balaban J connectivity index is 2.29. The lowest BCUT2D eigenvalue weighted by Gasteiger charge is -2.35. The molecule has 32 heavy (non-hydrogen) atoms. The first-order valence-electron chi connectivity index (χ1n) is 9.76. The number of hydrogen-bond donors (Lipinski definition) is 2. The second-order valence-corrected chi connectivity index (χ2v) is 6.65. The lowest BCUT2D eigenvalue weighted by atomic mass is 10.1. The van der Waals surface area contributed by atoms with Crippen molar-refractivity contribution in [1.82, 2.24) is 10.6 Å². The van der Waals surface area contributed by atoms with Crippen LogP contribution in [-0.4, -0.2) is 51.1 Å². The molecule has 0 saturated carbocycles. The fourth-order valence-corrected chi connectivity index (χ4v) is 2.96. The zero-order valence-corrected chi connectivity index (χ0v) is 17.9. The van der Waals surface area contributed by atoms with E-state index in [1.54, 1.807) is 29.6 Å². The van der Waals surface area contributed by atoms with Gasteiger partial charge in [-0.3, -0.25) is 10.1 Å². The molecule has 1 atom stereocenters. The first kappa shape index (κ1) is 25.0. The van der Waals surface area contributed by atoms with E-state index >= 15 is 0 Å². The van der Waals surface area contributed by atoms with Gasteiger partial charge in [0.25, 0.3) is 11.6 Å². The fraction of sp³-hybridized carbons (Fsp3) is 0.364. The molecule has 0 spiro atoms. The zero-order chi connectivity index (χ0) is 23.8. The average molecular weight is 454 g/mol. The van der Waals surface area contributed by atoms with Crippen LogP contribution in [0.1, 0.15) is 22.8 Å². The molecule has 2 N–H and O–H groups in total. The van der Waals surface area contributed by atoms with Crippen molar-refractivity contribution in [3.63, 3.8) is 0 Å². The van der Waals surface area contributed by atoms with Crippen LogP contribution in [0.2, 0.25) is 0 Å². The molecule has 0 radical (unpaired) electrons. The molecule has 2 rings (SSSR count). The number of amides is 1. The summed E-state index contributed by atoms with van der Waals surface area (Å²) in [5, 5.41) is 3.97. The number of benzene rings is 2. The second-order valence-electron chi connectivity index (χ2n) is 6.65. The third-order valence-corrected chi connectivity index (χ3v) is 4.60. The topological polar surface area (TPSA) is 85.9 Å². The second kappa shape index (κ2) is 10.9. The van der Waals surface area contributed by atoms with Crippen molar-refractivity contribution in [3.8, 4) is 11.5 Å². The van der Waals surface area contributed by atoms with E-state index in [1.807, 2.05) is 0 Å². The number of methoxy groups -OCH3 is 2. The van der Waals surface area contributed by atoms with E-state index in [-0.39, 0.29) is 25.1 Å². The van der Waals surface area contributed by atoms with Gasteiger partial charge in [-0.15, -0.1) is 0 Å². The molecule has 0 unspecified atom stereocenters. The summed E-state index contributed by atoms with van der Waals surface area (Å²) in [6.07, 6.45) is -5.08. The van der Waals surface area contributed by atoms with E-state index < -0.39 is 23.7 Å². The van der Waals surface area contributed by atoms with Crippen LogP contribution in [-0.2, 0) is 16.0 Å². The van der Waals surface area contributed by atoms with Crippen LogP contribution in [0.15, 0.2) is 48.5 Å². The smallest absolute Gasteiger partial charge is 0.436 e. The maximum Gasteiger partial charge on any atom is 0.436 e.